The van der Waals surface area contributed by atoms with Gasteiger partial charge in [0, 0.05) is 19.6 Å². The summed E-state index contributed by atoms with van der Waals surface area (Å²) in [5.74, 6) is 0.772. The lowest BCUT2D eigenvalue weighted by atomic mass is 9.68. The Morgan fingerprint density at radius 2 is 1.95 bits per heavy atom. The van der Waals surface area contributed by atoms with Crippen LogP contribution in [0, 0.1) is 11.3 Å². The van der Waals surface area contributed by atoms with Crippen LogP contribution in [0.2, 0.25) is 0 Å². The van der Waals surface area contributed by atoms with Gasteiger partial charge in [-0.1, -0.05) is 0 Å². The Morgan fingerprint density at radius 3 is 2.50 bits per heavy atom. The fraction of sp³-hybridized carbons (Fsp3) is 0.929. The molecule has 1 aliphatic carbocycles. The number of amides is 2. The van der Waals surface area contributed by atoms with Crippen LogP contribution in [0.5, 0.6) is 0 Å². The molecule has 0 bridgehead atoms. The normalized spacial score (nSPS) is 29.4. The first kappa shape index (κ1) is 16.0. The summed E-state index contributed by atoms with van der Waals surface area (Å²) >= 11 is 0. The van der Waals surface area contributed by atoms with Crippen molar-refractivity contribution in [2.75, 3.05) is 32.7 Å². The summed E-state index contributed by atoms with van der Waals surface area (Å²) in [6.07, 6.45) is 4.37. The number of sulfonamides is 1. The summed E-state index contributed by atoms with van der Waals surface area (Å²) in [5.41, 5.74) is 5.24. The van der Waals surface area contributed by atoms with Crippen LogP contribution in [-0.4, -0.2) is 57.3 Å². The zero-order valence-corrected chi connectivity index (χ0v) is 13.7. The summed E-state index contributed by atoms with van der Waals surface area (Å²) in [6, 6.07) is -0.986. The molecule has 0 aromatic carbocycles. The number of nitrogens with one attached hydrogen (secondary N) is 2. The standard InChI is InChI=1S/C14H26N4O3S/c15-13(19)17-22(20,21)12-1-4-14(5-2-12)9-18(10-14)8-11-3-6-16-7-11/h11-12,16H,1-10H2,(H3,15,17,19)/t11-/m1/s1. The summed E-state index contributed by atoms with van der Waals surface area (Å²) in [4.78, 5) is 13.3. The Bertz CT molecular complexity index is 514. The van der Waals surface area contributed by atoms with Crippen LogP contribution in [0.3, 0.4) is 0 Å². The fourth-order valence-electron chi connectivity index (χ4n) is 4.32. The second kappa shape index (κ2) is 5.98. The molecule has 1 saturated carbocycles. The molecular formula is C14H26N4O3S. The second-order valence-electron chi connectivity index (χ2n) is 7.24. The number of carbonyl (C=O) groups is 1. The van der Waals surface area contributed by atoms with E-state index in [1.807, 2.05) is 4.72 Å². The summed E-state index contributed by atoms with van der Waals surface area (Å²) in [7, 11) is -3.60. The van der Waals surface area contributed by atoms with Crippen LogP contribution in [-0.2, 0) is 10.0 Å². The molecule has 1 spiro atoms. The third-order valence-electron chi connectivity index (χ3n) is 5.47. The maximum Gasteiger partial charge on any atom is 0.325 e. The molecular weight excluding hydrogens is 304 g/mol. The number of nitrogens with zero attached hydrogens (tertiary/aromatic N) is 1. The Balaban J connectivity index is 1.45. The van der Waals surface area contributed by atoms with Gasteiger partial charge in [0.25, 0.3) is 0 Å². The highest BCUT2D eigenvalue weighted by molar-refractivity contribution is 7.90. The zero-order chi connectivity index (χ0) is 15.8. The van der Waals surface area contributed by atoms with Crippen LogP contribution in [0.4, 0.5) is 4.79 Å². The Kier molecular flexibility index (Phi) is 4.35. The lowest BCUT2D eigenvalue weighted by Gasteiger charge is -2.54. The number of urea groups is 1. The van der Waals surface area contributed by atoms with Crippen molar-refractivity contribution in [1.82, 2.24) is 14.9 Å². The minimum Gasteiger partial charge on any atom is -0.351 e. The molecule has 8 heteroatoms. The molecule has 0 radical (unpaired) electrons. The van der Waals surface area contributed by atoms with Crippen LogP contribution in [0.15, 0.2) is 0 Å². The average Bonchev–Trinajstić information content (AvgIpc) is 2.89. The molecule has 7 nitrogen and oxygen atoms in total. The van der Waals surface area contributed by atoms with Crippen molar-refractivity contribution < 1.29 is 13.2 Å². The molecule has 0 aromatic rings. The minimum atomic E-state index is -3.60. The average molecular weight is 330 g/mol. The van der Waals surface area contributed by atoms with Crippen molar-refractivity contribution in [2.24, 2.45) is 17.1 Å². The Hall–Kier alpha value is -0.860. The van der Waals surface area contributed by atoms with Gasteiger partial charge >= 0.3 is 6.03 Å². The third kappa shape index (κ3) is 3.38. The third-order valence-corrected chi connectivity index (χ3v) is 7.31. The predicted octanol–water partition coefficient (Wildman–Crippen LogP) is -0.161. The van der Waals surface area contributed by atoms with Gasteiger partial charge in [0.1, 0.15) is 0 Å². The van der Waals surface area contributed by atoms with Crippen LogP contribution in [0.1, 0.15) is 32.1 Å². The smallest absolute Gasteiger partial charge is 0.325 e. The lowest BCUT2D eigenvalue weighted by Crippen LogP contribution is -2.59. The van der Waals surface area contributed by atoms with E-state index in [9.17, 15) is 13.2 Å². The van der Waals surface area contributed by atoms with Gasteiger partial charge in [-0.15, -0.1) is 0 Å². The molecule has 0 unspecified atom stereocenters. The first-order chi connectivity index (χ1) is 10.4. The van der Waals surface area contributed by atoms with E-state index in [-0.39, 0.29) is 0 Å². The van der Waals surface area contributed by atoms with Gasteiger partial charge in [0.15, 0.2) is 0 Å². The topological polar surface area (TPSA) is 105 Å². The van der Waals surface area contributed by atoms with Gasteiger partial charge in [-0.25, -0.2) is 17.9 Å². The molecule has 3 rings (SSSR count). The molecule has 2 aliphatic heterocycles. The van der Waals surface area contributed by atoms with Gasteiger partial charge in [0.2, 0.25) is 10.0 Å². The van der Waals surface area contributed by atoms with E-state index in [0.717, 1.165) is 44.9 Å². The first-order valence-corrected chi connectivity index (χ1v) is 9.67. The number of rotatable bonds is 4. The molecule has 3 aliphatic rings. The first-order valence-electron chi connectivity index (χ1n) is 8.13. The van der Waals surface area contributed by atoms with E-state index in [4.69, 9.17) is 5.73 Å². The monoisotopic (exact) mass is 330 g/mol. The minimum absolute atomic E-state index is 0.310. The fourth-order valence-corrected chi connectivity index (χ4v) is 5.62. The van der Waals surface area contributed by atoms with Crippen molar-refractivity contribution in [1.29, 1.82) is 0 Å². The number of nitrogens with two attached hydrogens (primary N) is 1. The zero-order valence-electron chi connectivity index (χ0n) is 12.9. The van der Waals surface area contributed by atoms with Crippen LogP contribution in [0.25, 0.3) is 0 Å². The molecule has 1 atom stereocenters. The van der Waals surface area contributed by atoms with Crippen molar-refractivity contribution in [2.45, 2.75) is 37.4 Å². The predicted molar refractivity (Wildman–Crippen MR) is 83.7 cm³/mol. The number of likely N-dealkylation sites (tertiary alicyclic amines) is 1. The van der Waals surface area contributed by atoms with Crippen LogP contribution < -0.4 is 15.8 Å². The van der Waals surface area contributed by atoms with E-state index < -0.39 is 21.3 Å². The van der Waals surface area contributed by atoms with Gasteiger partial charge in [-0.3, -0.25) is 0 Å². The quantitative estimate of drug-likeness (QED) is 0.664. The van der Waals surface area contributed by atoms with Crippen molar-refractivity contribution in [3.05, 3.63) is 0 Å². The second-order valence-corrected chi connectivity index (χ2v) is 9.20. The van der Waals surface area contributed by atoms with Gasteiger partial charge in [0.05, 0.1) is 5.25 Å². The molecule has 22 heavy (non-hydrogen) atoms. The van der Waals surface area contributed by atoms with Crippen molar-refractivity contribution in [3.63, 3.8) is 0 Å². The van der Waals surface area contributed by atoms with Gasteiger partial charge in [-0.2, -0.15) is 0 Å². The van der Waals surface area contributed by atoms with E-state index in [1.54, 1.807) is 0 Å². The van der Waals surface area contributed by atoms with Gasteiger partial charge in [-0.05, 0) is 56.5 Å². The van der Waals surface area contributed by atoms with Crippen molar-refractivity contribution in [3.8, 4) is 0 Å². The highest BCUT2D eigenvalue weighted by Gasteiger charge is 2.47. The molecule has 2 saturated heterocycles. The molecule has 0 aromatic heterocycles. The number of hydrogen-bond acceptors (Lipinski definition) is 5. The SMILES string of the molecule is NC(=O)NS(=O)(=O)C1CCC2(CC1)CN(C[C@@H]1CCNC1)C2. The highest BCUT2D eigenvalue weighted by Crippen LogP contribution is 2.45. The van der Waals surface area contributed by atoms with Gasteiger partial charge < -0.3 is 16.0 Å². The Labute approximate surface area is 132 Å². The summed E-state index contributed by atoms with van der Waals surface area (Å²) in [6.45, 7) is 5.62. The maximum atomic E-state index is 12.0. The summed E-state index contributed by atoms with van der Waals surface area (Å²) in [5, 5.41) is 2.92. The molecule has 126 valence electrons. The largest absolute Gasteiger partial charge is 0.351 e. The van der Waals surface area contributed by atoms with E-state index in [2.05, 4.69) is 10.2 Å². The number of carbonyl (C=O) groups excluding carboxylic acids is 1. The summed E-state index contributed by atoms with van der Waals surface area (Å²) < 4.78 is 25.9. The molecule has 3 fully saturated rings. The van der Waals surface area contributed by atoms with Crippen LogP contribution >= 0.6 is 0 Å². The lowest BCUT2D eigenvalue weighted by molar-refractivity contribution is -0.0342. The van der Waals surface area contributed by atoms with E-state index in [1.165, 1.54) is 13.0 Å². The van der Waals surface area contributed by atoms with E-state index in [0.29, 0.717) is 18.3 Å². The number of hydrogen-bond donors (Lipinski definition) is 3. The highest BCUT2D eigenvalue weighted by atomic mass is 32.2. The van der Waals surface area contributed by atoms with E-state index >= 15 is 0 Å². The molecule has 4 N–H and O–H groups in total. The number of primary amides is 1. The molecule has 2 heterocycles. The Morgan fingerprint density at radius 1 is 1.27 bits per heavy atom. The molecule has 2 amide bonds. The maximum absolute atomic E-state index is 12.0. The van der Waals surface area contributed by atoms with Crippen molar-refractivity contribution >= 4 is 16.1 Å².